The molecular formula is C15H20O2S2. The maximum absolute atomic E-state index is 11.5. The zero-order valence-electron chi connectivity index (χ0n) is 11.2. The molecule has 1 fully saturated rings. The Balaban J connectivity index is 2.22. The predicted octanol–water partition coefficient (Wildman–Crippen LogP) is 4.92. The van der Waals surface area contributed by atoms with Crippen LogP contribution in [-0.2, 0) is 0 Å². The zero-order chi connectivity index (χ0) is 13.7. The van der Waals surface area contributed by atoms with Gasteiger partial charge in [-0.25, -0.2) is 4.79 Å². The number of thioether (sulfide) groups is 2. The van der Waals surface area contributed by atoms with Gasteiger partial charge in [-0.05, 0) is 30.7 Å². The quantitative estimate of drug-likeness (QED) is 0.782. The molecule has 1 saturated carbocycles. The van der Waals surface area contributed by atoms with Crippen molar-refractivity contribution in [3.05, 3.63) is 23.8 Å². The maximum Gasteiger partial charge on any atom is 0.337 e. The van der Waals surface area contributed by atoms with Crippen molar-refractivity contribution < 1.29 is 9.90 Å². The number of carbonyl (C=O) groups is 1. The Morgan fingerprint density at radius 2 is 1.95 bits per heavy atom. The number of rotatable bonds is 5. The molecule has 0 amide bonds. The molecule has 0 unspecified atom stereocenters. The summed E-state index contributed by atoms with van der Waals surface area (Å²) in [5, 5.41) is 10.1. The SMILES string of the molecule is CCSc1cccc(SC2CCCCC2)c1C(=O)O. The molecule has 104 valence electrons. The van der Waals surface area contributed by atoms with Crippen LogP contribution in [0.25, 0.3) is 0 Å². The number of aromatic carboxylic acids is 1. The summed E-state index contributed by atoms with van der Waals surface area (Å²) in [5.41, 5.74) is 0.505. The van der Waals surface area contributed by atoms with Crippen LogP contribution in [0, 0.1) is 0 Å². The standard InChI is InChI=1S/C15H20O2S2/c1-2-18-12-9-6-10-13(14(12)15(16)17)19-11-7-4-3-5-8-11/h6,9-11H,2-5,7-8H2,1H3,(H,16,17). The van der Waals surface area contributed by atoms with Crippen LogP contribution in [0.3, 0.4) is 0 Å². The van der Waals surface area contributed by atoms with Gasteiger partial charge in [0.2, 0.25) is 0 Å². The Hall–Kier alpha value is -0.610. The van der Waals surface area contributed by atoms with Crippen molar-refractivity contribution in [1.82, 2.24) is 0 Å². The third-order valence-corrected chi connectivity index (χ3v) is 5.69. The van der Waals surface area contributed by atoms with Crippen LogP contribution >= 0.6 is 23.5 Å². The lowest BCUT2D eigenvalue weighted by Gasteiger charge is -2.22. The molecule has 0 radical (unpaired) electrons. The molecule has 2 nitrogen and oxygen atoms in total. The van der Waals surface area contributed by atoms with Crippen molar-refractivity contribution in [2.45, 2.75) is 54.1 Å². The second-order valence-electron chi connectivity index (χ2n) is 4.75. The molecule has 0 spiro atoms. The molecule has 1 aliphatic carbocycles. The first kappa shape index (κ1) is 14.8. The number of hydrogen-bond acceptors (Lipinski definition) is 3. The van der Waals surface area contributed by atoms with E-state index in [-0.39, 0.29) is 0 Å². The van der Waals surface area contributed by atoms with Crippen LogP contribution in [0.1, 0.15) is 49.4 Å². The highest BCUT2D eigenvalue weighted by Crippen LogP contribution is 2.38. The van der Waals surface area contributed by atoms with E-state index in [1.54, 1.807) is 23.5 Å². The first-order chi connectivity index (χ1) is 9.22. The molecular weight excluding hydrogens is 276 g/mol. The molecule has 4 heteroatoms. The summed E-state index contributed by atoms with van der Waals surface area (Å²) < 4.78 is 0. The van der Waals surface area contributed by atoms with Crippen molar-refractivity contribution in [3.63, 3.8) is 0 Å². The maximum atomic E-state index is 11.5. The summed E-state index contributed by atoms with van der Waals surface area (Å²) in [5.74, 6) is 0.104. The first-order valence-corrected chi connectivity index (χ1v) is 8.74. The number of benzene rings is 1. The average Bonchev–Trinajstić information content (AvgIpc) is 2.40. The molecule has 0 heterocycles. The normalized spacial score (nSPS) is 16.5. The predicted molar refractivity (Wildman–Crippen MR) is 82.5 cm³/mol. The lowest BCUT2D eigenvalue weighted by molar-refractivity contribution is 0.0689. The Bertz CT molecular complexity index is 440. The van der Waals surface area contributed by atoms with Crippen molar-refractivity contribution in [2.75, 3.05) is 5.75 Å². The van der Waals surface area contributed by atoms with Crippen LogP contribution in [0.15, 0.2) is 28.0 Å². The minimum Gasteiger partial charge on any atom is -0.478 e. The van der Waals surface area contributed by atoms with Gasteiger partial charge in [-0.1, -0.05) is 32.3 Å². The molecule has 1 N–H and O–H groups in total. The van der Waals surface area contributed by atoms with E-state index in [0.29, 0.717) is 10.8 Å². The number of hydrogen-bond donors (Lipinski definition) is 1. The topological polar surface area (TPSA) is 37.3 Å². The highest BCUT2D eigenvalue weighted by Gasteiger charge is 2.20. The number of carboxylic acids is 1. The summed E-state index contributed by atoms with van der Waals surface area (Å²) in [6.07, 6.45) is 6.32. The summed E-state index contributed by atoms with van der Waals surface area (Å²) in [7, 11) is 0. The van der Waals surface area contributed by atoms with Crippen molar-refractivity contribution in [2.24, 2.45) is 0 Å². The van der Waals surface area contributed by atoms with Crippen molar-refractivity contribution in [3.8, 4) is 0 Å². The van der Waals surface area contributed by atoms with Gasteiger partial charge in [-0.2, -0.15) is 0 Å². The Morgan fingerprint density at radius 3 is 2.58 bits per heavy atom. The van der Waals surface area contributed by atoms with E-state index in [1.807, 2.05) is 18.2 Å². The van der Waals surface area contributed by atoms with Gasteiger partial charge in [0, 0.05) is 15.0 Å². The van der Waals surface area contributed by atoms with E-state index in [1.165, 1.54) is 32.1 Å². The van der Waals surface area contributed by atoms with E-state index in [4.69, 9.17) is 0 Å². The monoisotopic (exact) mass is 296 g/mol. The van der Waals surface area contributed by atoms with Crippen LogP contribution in [0.2, 0.25) is 0 Å². The molecule has 0 saturated heterocycles. The molecule has 1 aliphatic rings. The van der Waals surface area contributed by atoms with Gasteiger partial charge in [-0.3, -0.25) is 0 Å². The lowest BCUT2D eigenvalue weighted by Crippen LogP contribution is -2.10. The molecule has 2 rings (SSSR count). The van der Waals surface area contributed by atoms with Gasteiger partial charge < -0.3 is 5.11 Å². The Kier molecular flexibility index (Phi) is 5.64. The highest BCUT2D eigenvalue weighted by atomic mass is 32.2. The second-order valence-corrected chi connectivity index (χ2v) is 7.39. The van der Waals surface area contributed by atoms with E-state index >= 15 is 0 Å². The fraction of sp³-hybridized carbons (Fsp3) is 0.533. The summed E-state index contributed by atoms with van der Waals surface area (Å²) >= 11 is 3.38. The van der Waals surface area contributed by atoms with Gasteiger partial charge in [0.1, 0.15) is 0 Å². The molecule has 0 atom stereocenters. The largest absolute Gasteiger partial charge is 0.478 e. The van der Waals surface area contributed by atoms with Crippen LogP contribution in [0.5, 0.6) is 0 Å². The fourth-order valence-electron chi connectivity index (χ4n) is 2.46. The van der Waals surface area contributed by atoms with Crippen molar-refractivity contribution >= 4 is 29.5 Å². The third kappa shape index (κ3) is 3.93. The highest BCUT2D eigenvalue weighted by molar-refractivity contribution is 8.00. The molecule has 0 bridgehead atoms. The summed E-state index contributed by atoms with van der Waals surface area (Å²) in [4.78, 5) is 13.4. The van der Waals surface area contributed by atoms with Crippen molar-refractivity contribution in [1.29, 1.82) is 0 Å². The number of carboxylic acid groups (broad SMARTS) is 1. The summed E-state index contributed by atoms with van der Waals surface area (Å²) in [6, 6.07) is 5.86. The molecule has 0 aliphatic heterocycles. The van der Waals surface area contributed by atoms with E-state index in [9.17, 15) is 9.90 Å². The van der Waals surface area contributed by atoms with Crippen LogP contribution in [0.4, 0.5) is 0 Å². The van der Waals surface area contributed by atoms with E-state index in [2.05, 4.69) is 6.92 Å². The van der Waals surface area contributed by atoms with Gasteiger partial charge in [-0.15, -0.1) is 23.5 Å². The minimum absolute atomic E-state index is 0.505. The molecule has 1 aromatic rings. The third-order valence-electron chi connectivity index (χ3n) is 3.35. The van der Waals surface area contributed by atoms with Gasteiger partial charge in [0.05, 0.1) is 5.56 Å². The average molecular weight is 296 g/mol. The van der Waals surface area contributed by atoms with Crippen LogP contribution < -0.4 is 0 Å². The van der Waals surface area contributed by atoms with Crippen LogP contribution in [-0.4, -0.2) is 22.1 Å². The lowest BCUT2D eigenvalue weighted by atomic mass is 10.0. The minimum atomic E-state index is -0.796. The molecule has 1 aromatic carbocycles. The van der Waals surface area contributed by atoms with Gasteiger partial charge in [0.25, 0.3) is 0 Å². The second kappa shape index (κ2) is 7.25. The first-order valence-electron chi connectivity index (χ1n) is 6.88. The molecule has 0 aromatic heterocycles. The smallest absolute Gasteiger partial charge is 0.337 e. The van der Waals surface area contributed by atoms with Gasteiger partial charge in [0.15, 0.2) is 0 Å². The summed E-state index contributed by atoms with van der Waals surface area (Å²) in [6.45, 7) is 2.05. The Morgan fingerprint density at radius 1 is 1.26 bits per heavy atom. The zero-order valence-corrected chi connectivity index (χ0v) is 12.9. The fourth-order valence-corrected chi connectivity index (χ4v) is 4.75. The van der Waals surface area contributed by atoms with E-state index < -0.39 is 5.97 Å². The van der Waals surface area contributed by atoms with Gasteiger partial charge >= 0.3 is 5.97 Å². The van der Waals surface area contributed by atoms with E-state index in [0.717, 1.165) is 15.5 Å². The molecule has 19 heavy (non-hydrogen) atoms. The Labute approximate surface area is 123 Å².